The first-order valence-corrected chi connectivity index (χ1v) is 8.99. The molecule has 1 aliphatic heterocycles. The van der Waals surface area contributed by atoms with Gasteiger partial charge in [0.1, 0.15) is 12.1 Å². The molecule has 0 aromatic carbocycles. The van der Waals surface area contributed by atoms with Crippen LogP contribution in [0, 0.1) is 11.3 Å². The maximum atomic E-state index is 12.8. The molecule has 0 spiro atoms. The quantitative estimate of drug-likeness (QED) is 0.680. The summed E-state index contributed by atoms with van der Waals surface area (Å²) in [6.45, 7) is 4.01. The second-order valence-corrected chi connectivity index (χ2v) is 7.05. The van der Waals surface area contributed by atoms with E-state index in [1.807, 2.05) is 42.6 Å². The molecule has 142 valence electrons. The second kappa shape index (κ2) is 6.81. The third kappa shape index (κ3) is 2.99. The molecule has 1 aliphatic rings. The van der Waals surface area contributed by atoms with E-state index in [9.17, 15) is 14.9 Å². The molecule has 28 heavy (non-hydrogen) atoms. The Hall–Kier alpha value is -3.67. The van der Waals surface area contributed by atoms with Crippen LogP contribution in [0.2, 0.25) is 0 Å². The molecule has 0 aliphatic carbocycles. The summed E-state index contributed by atoms with van der Waals surface area (Å²) < 4.78 is 3.52. The summed E-state index contributed by atoms with van der Waals surface area (Å²) in [5.74, 6) is -0.330. The molecule has 9 heteroatoms. The Labute approximate surface area is 161 Å². The van der Waals surface area contributed by atoms with Crippen molar-refractivity contribution in [3.63, 3.8) is 0 Å². The van der Waals surface area contributed by atoms with Gasteiger partial charge < -0.3 is 9.72 Å². The highest BCUT2D eigenvalue weighted by Crippen LogP contribution is 2.22. The van der Waals surface area contributed by atoms with Crippen LogP contribution in [0.25, 0.3) is 5.52 Å². The average molecular weight is 377 g/mol. The molecule has 0 saturated carbocycles. The van der Waals surface area contributed by atoms with Crippen molar-refractivity contribution in [3.8, 4) is 6.07 Å². The normalized spacial score (nSPS) is 16.8. The molecule has 1 unspecified atom stereocenters. The van der Waals surface area contributed by atoms with Crippen molar-refractivity contribution in [2.45, 2.75) is 38.9 Å². The zero-order chi connectivity index (χ0) is 19.8. The highest BCUT2D eigenvalue weighted by atomic mass is 16.2. The topological polar surface area (TPSA) is 108 Å². The first kappa shape index (κ1) is 17.7. The predicted molar refractivity (Wildman–Crippen MR) is 99.1 cm³/mol. The van der Waals surface area contributed by atoms with Crippen LogP contribution in [-0.4, -0.2) is 42.3 Å². The maximum absolute atomic E-state index is 12.8. The van der Waals surface area contributed by atoms with Crippen molar-refractivity contribution in [2.24, 2.45) is 0 Å². The Morgan fingerprint density at radius 3 is 2.82 bits per heavy atom. The van der Waals surface area contributed by atoms with Gasteiger partial charge in [-0.25, -0.2) is 9.48 Å². The summed E-state index contributed by atoms with van der Waals surface area (Å²) in [6.07, 6.45) is 5.65. The van der Waals surface area contributed by atoms with Crippen molar-refractivity contribution in [3.05, 3.63) is 53.6 Å². The summed E-state index contributed by atoms with van der Waals surface area (Å²) >= 11 is 0. The largest absolute Gasteiger partial charge is 0.325 e. The number of aromatic nitrogens is 4. The van der Waals surface area contributed by atoms with Crippen LogP contribution in [0.15, 0.2) is 36.8 Å². The fraction of sp³-hybridized carbons (Fsp3) is 0.316. The van der Waals surface area contributed by atoms with Gasteiger partial charge in [-0.05, 0) is 26.0 Å². The van der Waals surface area contributed by atoms with Crippen LogP contribution in [0.1, 0.15) is 36.7 Å². The third-order valence-corrected chi connectivity index (χ3v) is 4.81. The van der Waals surface area contributed by atoms with Crippen LogP contribution in [0.4, 0.5) is 4.79 Å². The van der Waals surface area contributed by atoms with Gasteiger partial charge >= 0.3 is 6.03 Å². The molecule has 9 nitrogen and oxygen atoms in total. The number of carbonyl (C=O) groups is 2. The van der Waals surface area contributed by atoms with Crippen LogP contribution in [0.3, 0.4) is 0 Å². The number of rotatable bonds is 5. The Morgan fingerprint density at radius 2 is 2.11 bits per heavy atom. The number of urea groups is 1. The van der Waals surface area contributed by atoms with E-state index in [1.54, 1.807) is 17.1 Å². The van der Waals surface area contributed by atoms with Crippen LogP contribution in [0.5, 0.6) is 0 Å². The van der Waals surface area contributed by atoms with E-state index in [2.05, 4.69) is 21.7 Å². The zero-order valence-electron chi connectivity index (χ0n) is 15.5. The van der Waals surface area contributed by atoms with Crippen LogP contribution < -0.4 is 5.32 Å². The number of hydrogen-bond donors (Lipinski definition) is 1. The molecule has 1 N–H and O–H groups in total. The number of hydrogen-bond acceptors (Lipinski definition) is 5. The van der Waals surface area contributed by atoms with Gasteiger partial charge in [0.25, 0.3) is 5.91 Å². The summed E-state index contributed by atoms with van der Waals surface area (Å²) in [7, 11) is 0. The Morgan fingerprint density at radius 1 is 1.29 bits per heavy atom. The van der Waals surface area contributed by atoms with Gasteiger partial charge in [0, 0.05) is 36.6 Å². The van der Waals surface area contributed by atoms with Crippen molar-refractivity contribution in [1.29, 1.82) is 5.26 Å². The van der Waals surface area contributed by atoms with Crippen LogP contribution in [-0.2, 0) is 17.8 Å². The number of carbonyl (C=O) groups excluding carboxylic acids is 2. The molecule has 4 rings (SSSR count). The van der Waals surface area contributed by atoms with Crippen molar-refractivity contribution >= 4 is 17.5 Å². The summed E-state index contributed by atoms with van der Waals surface area (Å²) in [6, 6.07) is 6.71. The first-order valence-electron chi connectivity index (χ1n) is 8.99. The van der Waals surface area contributed by atoms with E-state index in [-0.39, 0.29) is 24.9 Å². The van der Waals surface area contributed by atoms with Gasteiger partial charge in [-0.15, -0.1) is 5.10 Å². The second-order valence-electron chi connectivity index (χ2n) is 7.05. The van der Waals surface area contributed by atoms with Gasteiger partial charge in [-0.2, -0.15) is 5.26 Å². The SMILES string of the molecule is CC(C)n1cc(CC2NC(=O)N(Cc3cn4ccccc4c3C#N)C2=O)nn1. The number of imide groups is 1. The lowest BCUT2D eigenvalue weighted by Crippen LogP contribution is -2.32. The maximum Gasteiger partial charge on any atom is 0.325 e. The molecular formula is C19H19N7O2. The number of nitrogens with one attached hydrogen (secondary N) is 1. The smallest absolute Gasteiger partial charge is 0.325 e. The zero-order valence-corrected chi connectivity index (χ0v) is 15.5. The number of fused-ring (bicyclic) bond motifs is 1. The van der Waals surface area contributed by atoms with E-state index < -0.39 is 12.1 Å². The van der Waals surface area contributed by atoms with E-state index in [1.165, 1.54) is 0 Å². The van der Waals surface area contributed by atoms with Gasteiger partial charge in [0.05, 0.1) is 23.3 Å². The van der Waals surface area contributed by atoms with Gasteiger partial charge in [-0.1, -0.05) is 11.3 Å². The highest BCUT2D eigenvalue weighted by molar-refractivity contribution is 6.04. The summed E-state index contributed by atoms with van der Waals surface area (Å²) in [5.41, 5.74) is 2.48. The minimum Gasteiger partial charge on any atom is -0.325 e. The molecule has 1 atom stereocenters. The van der Waals surface area contributed by atoms with Gasteiger partial charge in [-0.3, -0.25) is 9.69 Å². The third-order valence-electron chi connectivity index (χ3n) is 4.81. The van der Waals surface area contributed by atoms with Crippen molar-refractivity contribution < 1.29 is 9.59 Å². The minimum atomic E-state index is -0.688. The van der Waals surface area contributed by atoms with Gasteiger partial charge in [0.15, 0.2) is 0 Å². The number of nitrogens with zero attached hydrogens (tertiary/aromatic N) is 6. The average Bonchev–Trinajstić information content (AvgIpc) is 3.34. The molecule has 3 aromatic rings. The van der Waals surface area contributed by atoms with Gasteiger partial charge in [0.2, 0.25) is 0 Å². The minimum absolute atomic E-state index is 0.0461. The van der Waals surface area contributed by atoms with Crippen molar-refractivity contribution in [1.82, 2.24) is 29.6 Å². The first-order chi connectivity index (χ1) is 13.5. The summed E-state index contributed by atoms with van der Waals surface area (Å²) in [4.78, 5) is 26.3. The van der Waals surface area contributed by atoms with E-state index in [0.717, 1.165) is 10.4 Å². The lowest BCUT2D eigenvalue weighted by Gasteiger charge is -2.12. The molecule has 3 amide bonds. The monoisotopic (exact) mass is 377 g/mol. The fourth-order valence-corrected chi connectivity index (χ4v) is 3.33. The van der Waals surface area contributed by atoms with Crippen molar-refractivity contribution in [2.75, 3.05) is 0 Å². The van der Waals surface area contributed by atoms with E-state index >= 15 is 0 Å². The molecule has 1 saturated heterocycles. The Balaban J connectivity index is 1.54. The number of pyridine rings is 1. The Bertz CT molecular complexity index is 1110. The lowest BCUT2D eigenvalue weighted by atomic mass is 10.1. The van der Waals surface area contributed by atoms with E-state index in [0.29, 0.717) is 16.8 Å². The van der Waals surface area contributed by atoms with Crippen LogP contribution >= 0.6 is 0 Å². The molecular weight excluding hydrogens is 358 g/mol. The van der Waals surface area contributed by atoms with E-state index in [4.69, 9.17) is 0 Å². The number of amides is 3. The standard InChI is InChI=1S/C19H19N7O2/c1-12(2)26-11-14(22-23-26)7-16-18(27)25(19(28)21-16)10-13-9-24-6-4-3-5-17(24)15(13)8-20/h3-6,9,11-12,16H,7,10H2,1-2H3,(H,21,28). The molecule has 3 aromatic heterocycles. The molecule has 1 fully saturated rings. The molecule has 0 bridgehead atoms. The summed E-state index contributed by atoms with van der Waals surface area (Å²) in [5, 5.41) is 20.3. The molecule has 0 radical (unpaired) electrons. The predicted octanol–water partition coefficient (Wildman–Crippen LogP) is 1.65. The fourth-order valence-electron chi connectivity index (χ4n) is 3.33. The lowest BCUT2D eigenvalue weighted by molar-refractivity contribution is -0.127. The Kier molecular flexibility index (Phi) is 4.31. The number of nitriles is 1. The highest BCUT2D eigenvalue weighted by Gasteiger charge is 2.39. The molecule has 4 heterocycles.